The van der Waals surface area contributed by atoms with Crippen molar-refractivity contribution in [1.82, 2.24) is 15.1 Å². The predicted molar refractivity (Wildman–Crippen MR) is 85.5 cm³/mol. The van der Waals surface area contributed by atoms with Crippen LogP contribution >= 0.6 is 0 Å². The van der Waals surface area contributed by atoms with Gasteiger partial charge in [0.1, 0.15) is 0 Å². The predicted octanol–water partition coefficient (Wildman–Crippen LogP) is 1.86. The van der Waals surface area contributed by atoms with Crippen LogP contribution in [0.2, 0.25) is 0 Å². The maximum absolute atomic E-state index is 11.9. The molecule has 0 fully saturated rings. The second-order valence-corrected chi connectivity index (χ2v) is 5.45. The topological polar surface area (TPSA) is 67.2 Å². The van der Waals surface area contributed by atoms with Gasteiger partial charge < -0.3 is 10.4 Å². The van der Waals surface area contributed by atoms with Crippen LogP contribution in [-0.2, 0) is 11.3 Å². The molecule has 1 aromatic carbocycles. The van der Waals surface area contributed by atoms with Gasteiger partial charge in [0, 0.05) is 38.2 Å². The first kappa shape index (κ1) is 16.2. The van der Waals surface area contributed by atoms with Gasteiger partial charge in [0.15, 0.2) is 0 Å². The van der Waals surface area contributed by atoms with Crippen LogP contribution in [0.1, 0.15) is 29.9 Å². The number of hydrogen-bond donors (Lipinski definition) is 2. The summed E-state index contributed by atoms with van der Waals surface area (Å²) >= 11 is 0. The summed E-state index contributed by atoms with van der Waals surface area (Å²) in [6.07, 6.45) is 4.75. The number of benzene rings is 1. The van der Waals surface area contributed by atoms with E-state index in [1.807, 2.05) is 43.5 Å². The number of rotatable bonds is 8. The molecule has 0 aliphatic carbocycles. The fraction of sp³-hybridized carbons (Fsp3) is 0.412. The summed E-state index contributed by atoms with van der Waals surface area (Å²) in [5.74, 6) is 0.147. The van der Waals surface area contributed by atoms with Gasteiger partial charge in [-0.3, -0.25) is 9.48 Å². The molecule has 0 spiro atoms. The van der Waals surface area contributed by atoms with E-state index in [1.54, 1.807) is 10.9 Å². The lowest BCUT2D eigenvalue weighted by molar-refractivity contribution is -0.121. The number of nitrogens with one attached hydrogen (secondary N) is 1. The number of aliphatic hydroxyl groups excluding tert-OH is 1. The number of aromatic nitrogens is 2. The van der Waals surface area contributed by atoms with E-state index in [1.165, 1.54) is 0 Å². The molecule has 0 radical (unpaired) electrons. The average molecular weight is 301 g/mol. The SMILES string of the molecule is Cc1cnn(CCC(=O)NCC(CCO)c2ccccc2)c1. The summed E-state index contributed by atoms with van der Waals surface area (Å²) in [7, 11) is 0. The highest BCUT2D eigenvalue weighted by Gasteiger charge is 2.12. The van der Waals surface area contributed by atoms with Crippen LogP contribution in [0, 0.1) is 6.92 Å². The highest BCUT2D eigenvalue weighted by Crippen LogP contribution is 2.18. The monoisotopic (exact) mass is 301 g/mol. The molecular weight excluding hydrogens is 278 g/mol. The van der Waals surface area contributed by atoms with E-state index in [9.17, 15) is 9.90 Å². The molecule has 2 aromatic rings. The van der Waals surface area contributed by atoms with Gasteiger partial charge in [-0.25, -0.2) is 0 Å². The summed E-state index contributed by atoms with van der Waals surface area (Å²) in [4.78, 5) is 11.9. The van der Waals surface area contributed by atoms with E-state index in [-0.39, 0.29) is 18.4 Å². The molecule has 1 amide bonds. The lowest BCUT2D eigenvalue weighted by Crippen LogP contribution is -2.29. The van der Waals surface area contributed by atoms with Crippen molar-refractivity contribution in [3.63, 3.8) is 0 Å². The number of amides is 1. The van der Waals surface area contributed by atoms with Crippen LogP contribution in [0.15, 0.2) is 42.7 Å². The van der Waals surface area contributed by atoms with E-state index in [0.717, 1.165) is 11.1 Å². The third kappa shape index (κ3) is 5.00. The molecule has 1 heterocycles. The Bertz CT molecular complexity index is 581. The van der Waals surface area contributed by atoms with Crippen LogP contribution in [0.25, 0.3) is 0 Å². The number of carbonyl (C=O) groups excluding carboxylic acids is 1. The molecule has 5 heteroatoms. The number of carbonyl (C=O) groups is 1. The Labute approximate surface area is 131 Å². The van der Waals surface area contributed by atoms with E-state index >= 15 is 0 Å². The van der Waals surface area contributed by atoms with E-state index in [2.05, 4.69) is 10.4 Å². The summed E-state index contributed by atoms with van der Waals surface area (Å²) in [6, 6.07) is 9.96. The molecule has 22 heavy (non-hydrogen) atoms. The Morgan fingerprint density at radius 1 is 1.36 bits per heavy atom. The van der Waals surface area contributed by atoms with Gasteiger partial charge in [0.2, 0.25) is 5.91 Å². The highest BCUT2D eigenvalue weighted by molar-refractivity contribution is 5.75. The molecule has 2 N–H and O–H groups in total. The molecule has 2 rings (SSSR count). The largest absolute Gasteiger partial charge is 0.396 e. The Kier molecular flexibility index (Phi) is 6.15. The third-order valence-corrected chi connectivity index (χ3v) is 3.62. The standard InChI is InChI=1S/C17H23N3O2/c1-14-11-19-20(13-14)9-7-17(22)18-12-16(8-10-21)15-5-3-2-4-6-15/h2-6,11,13,16,21H,7-10,12H2,1H3,(H,18,22). The molecule has 0 aliphatic heterocycles. The molecule has 0 saturated carbocycles. The van der Waals surface area contributed by atoms with Crippen molar-refractivity contribution in [2.24, 2.45) is 0 Å². The fourth-order valence-electron chi connectivity index (χ4n) is 2.40. The molecule has 5 nitrogen and oxygen atoms in total. The summed E-state index contributed by atoms with van der Waals surface area (Å²) in [5.41, 5.74) is 2.23. The average Bonchev–Trinajstić information content (AvgIpc) is 2.96. The van der Waals surface area contributed by atoms with Crippen LogP contribution in [0.5, 0.6) is 0 Å². The Morgan fingerprint density at radius 3 is 2.77 bits per heavy atom. The van der Waals surface area contributed by atoms with Crippen molar-refractivity contribution in [1.29, 1.82) is 0 Å². The first-order valence-corrected chi connectivity index (χ1v) is 7.60. The van der Waals surface area contributed by atoms with Crippen LogP contribution in [0.4, 0.5) is 0 Å². The second-order valence-electron chi connectivity index (χ2n) is 5.45. The van der Waals surface area contributed by atoms with Gasteiger partial charge in [-0.1, -0.05) is 30.3 Å². The molecule has 0 saturated heterocycles. The number of aliphatic hydroxyl groups is 1. The molecule has 1 atom stereocenters. The normalized spacial score (nSPS) is 12.1. The van der Waals surface area contributed by atoms with Crippen LogP contribution < -0.4 is 5.32 Å². The van der Waals surface area contributed by atoms with Gasteiger partial charge >= 0.3 is 0 Å². The summed E-state index contributed by atoms with van der Waals surface area (Å²) in [5, 5.41) is 16.3. The molecule has 1 unspecified atom stereocenters. The van der Waals surface area contributed by atoms with E-state index in [4.69, 9.17) is 0 Å². The highest BCUT2D eigenvalue weighted by atomic mass is 16.3. The van der Waals surface area contributed by atoms with Gasteiger partial charge in [-0.2, -0.15) is 5.10 Å². The van der Waals surface area contributed by atoms with Crippen LogP contribution in [-0.4, -0.2) is 33.9 Å². The lowest BCUT2D eigenvalue weighted by atomic mass is 9.96. The minimum Gasteiger partial charge on any atom is -0.396 e. The van der Waals surface area contributed by atoms with Gasteiger partial charge in [0.25, 0.3) is 0 Å². The quantitative estimate of drug-likeness (QED) is 0.782. The lowest BCUT2D eigenvalue weighted by Gasteiger charge is -2.17. The minimum atomic E-state index is 0.00650. The molecular formula is C17H23N3O2. The zero-order chi connectivity index (χ0) is 15.8. The molecule has 0 bridgehead atoms. The van der Waals surface area contributed by atoms with Crippen molar-refractivity contribution in [2.75, 3.05) is 13.2 Å². The molecule has 0 aliphatic rings. The maximum Gasteiger partial charge on any atom is 0.221 e. The smallest absolute Gasteiger partial charge is 0.221 e. The van der Waals surface area contributed by atoms with Crippen molar-refractivity contribution < 1.29 is 9.90 Å². The van der Waals surface area contributed by atoms with Crippen molar-refractivity contribution in [3.8, 4) is 0 Å². The number of nitrogens with zero attached hydrogens (tertiary/aromatic N) is 2. The summed E-state index contributed by atoms with van der Waals surface area (Å²) < 4.78 is 1.78. The van der Waals surface area contributed by atoms with Crippen molar-refractivity contribution in [2.45, 2.75) is 32.2 Å². The fourth-order valence-corrected chi connectivity index (χ4v) is 2.40. The van der Waals surface area contributed by atoms with E-state index < -0.39 is 0 Å². The first-order valence-electron chi connectivity index (χ1n) is 7.60. The van der Waals surface area contributed by atoms with E-state index in [0.29, 0.717) is 25.9 Å². The Hall–Kier alpha value is -2.14. The zero-order valence-corrected chi connectivity index (χ0v) is 12.9. The zero-order valence-electron chi connectivity index (χ0n) is 12.9. The number of hydrogen-bond acceptors (Lipinski definition) is 3. The van der Waals surface area contributed by atoms with Gasteiger partial charge in [-0.05, 0) is 24.5 Å². The van der Waals surface area contributed by atoms with Gasteiger partial charge in [0.05, 0.1) is 6.20 Å². The van der Waals surface area contributed by atoms with Gasteiger partial charge in [-0.15, -0.1) is 0 Å². The first-order chi connectivity index (χ1) is 10.7. The second kappa shape index (κ2) is 8.34. The third-order valence-electron chi connectivity index (χ3n) is 3.62. The Morgan fingerprint density at radius 2 is 2.14 bits per heavy atom. The van der Waals surface area contributed by atoms with Crippen molar-refractivity contribution >= 4 is 5.91 Å². The Balaban J connectivity index is 1.80. The molecule has 118 valence electrons. The van der Waals surface area contributed by atoms with Crippen LogP contribution in [0.3, 0.4) is 0 Å². The minimum absolute atomic E-state index is 0.00650. The maximum atomic E-state index is 11.9. The molecule has 1 aromatic heterocycles. The number of aryl methyl sites for hydroxylation is 2. The van der Waals surface area contributed by atoms with Crippen molar-refractivity contribution in [3.05, 3.63) is 53.9 Å². The summed E-state index contributed by atoms with van der Waals surface area (Å²) in [6.45, 7) is 3.21.